The molecule has 0 saturated carbocycles. The minimum atomic E-state index is 0.582. The molecule has 1 aliphatic rings. The number of hydrogen-bond donors (Lipinski definition) is 1. The van der Waals surface area contributed by atoms with Crippen LogP contribution in [-0.4, -0.2) is 13.7 Å². The first-order chi connectivity index (χ1) is 8.17. The van der Waals surface area contributed by atoms with Crippen LogP contribution in [0.2, 0.25) is 0 Å². The zero-order valence-corrected chi connectivity index (χ0v) is 11.1. The number of hydrogen-bond acceptors (Lipinski definition) is 2. The molecule has 2 N–H and O–H groups in total. The van der Waals surface area contributed by atoms with Crippen LogP contribution in [0.15, 0.2) is 18.2 Å². The van der Waals surface area contributed by atoms with E-state index in [0.29, 0.717) is 17.8 Å². The van der Waals surface area contributed by atoms with Crippen molar-refractivity contribution < 1.29 is 4.74 Å². The first-order valence-electron chi connectivity index (χ1n) is 6.54. The van der Waals surface area contributed by atoms with Gasteiger partial charge in [0.25, 0.3) is 0 Å². The number of nitrogens with two attached hydrogens (primary N) is 1. The second-order valence-electron chi connectivity index (χ2n) is 5.37. The zero-order chi connectivity index (χ0) is 12.4. The van der Waals surface area contributed by atoms with Gasteiger partial charge in [-0.2, -0.15) is 0 Å². The first kappa shape index (κ1) is 12.4. The molecule has 0 aliphatic heterocycles. The average molecular weight is 233 g/mol. The Hall–Kier alpha value is -1.02. The summed E-state index contributed by atoms with van der Waals surface area (Å²) < 4.78 is 5.35. The largest absolute Gasteiger partial charge is 0.497 e. The van der Waals surface area contributed by atoms with Crippen molar-refractivity contribution in [3.05, 3.63) is 29.3 Å². The van der Waals surface area contributed by atoms with Crippen LogP contribution in [0.25, 0.3) is 0 Å². The molecule has 0 saturated heterocycles. The molecule has 0 spiro atoms. The highest BCUT2D eigenvalue weighted by atomic mass is 16.5. The highest BCUT2D eigenvalue weighted by Gasteiger charge is 2.30. The molecule has 0 radical (unpaired) electrons. The summed E-state index contributed by atoms with van der Waals surface area (Å²) in [5, 5.41) is 0. The Bertz CT molecular complexity index is 387. The predicted molar refractivity (Wildman–Crippen MR) is 71.4 cm³/mol. The van der Waals surface area contributed by atoms with Crippen LogP contribution in [0.5, 0.6) is 5.75 Å². The van der Waals surface area contributed by atoms with E-state index in [1.54, 1.807) is 7.11 Å². The van der Waals surface area contributed by atoms with Gasteiger partial charge in [-0.1, -0.05) is 19.9 Å². The van der Waals surface area contributed by atoms with Crippen LogP contribution in [0.3, 0.4) is 0 Å². The summed E-state index contributed by atoms with van der Waals surface area (Å²) in [5.74, 6) is 2.80. The summed E-state index contributed by atoms with van der Waals surface area (Å²) in [5.41, 5.74) is 8.87. The van der Waals surface area contributed by atoms with Gasteiger partial charge in [0, 0.05) is 0 Å². The average Bonchev–Trinajstić information content (AvgIpc) is 2.36. The van der Waals surface area contributed by atoms with Crippen LogP contribution in [0, 0.1) is 11.8 Å². The van der Waals surface area contributed by atoms with Crippen LogP contribution >= 0.6 is 0 Å². The molecule has 0 heterocycles. The molecule has 0 bridgehead atoms. The van der Waals surface area contributed by atoms with E-state index < -0.39 is 0 Å². The van der Waals surface area contributed by atoms with Gasteiger partial charge in [0.1, 0.15) is 5.75 Å². The molecular weight excluding hydrogens is 210 g/mol. The van der Waals surface area contributed by atoms with Crippen LogP contribution in [-0.2, 0) is 6.42 Å². The maximum Gasteiger partial charge on any atom is 0.119 e. The maximum atomic E-state index is 5.93. The van der Waals surface area contributed by atoms with Crippen molar-refractivity contribution >= 4 is 0 Å². The minimum absolute atomic E-state index is 0.582. The molecule has 1 aromatic carbocycles. The van der Waals surface area contributed by atoms with Crippen molar-refractivity contribution in [2.45, 2.75) is 32.6 Å². The number of fused-ring (bicyclic) bond motifs is 1. The normalized spacial score (nSPS) is 23.6. The Labute approximate surface area is 104 Å². The highest BCUT2D eigenvalue weighted by molar-refractivity contribution is 5.40. The molecule has 94 valence electrons. The van der Waals surface area contributed by atoms with Crippen LogP contribution in [0.4, 0.5) is 0 Å². The Morgan fingerprint density at radius 3 is 2.76 bits per heavy atom. The Kier molecular flexibility index (Phi) is 3.72. The lowest BCUT2D eigenvalue weighted by Gasteiger charge is -2.36. The van der Waals surface area contributed by atoms with Crippen LogP contribution < -0.4 is 10.5 Å². The van der Waals surface area contributed by atoms with E-state index in [1.165, 1.54) is 17.5 Å². The van der Waals surface area contributed by atoms with E-state index >= 15 is 0 Å². The highest BCUT2D eigenvalue weighted by Crippen LogP contribution is 2.41. The van der Waals surface area contributed by atoms with Crippen molar-refractivity contribution in [3.8, 4) is 5.75 Å². The molecule has 17 heavy (non-hydrogen) atoms. The van der Waals surface area contributed by atoms with E-state index in [2.05, 4.69) is 32.0 Å². The van der Waals surface area contributed by atoms with Gasteiger partial charge in [-0.3, -0.25) is 0 Å². The molecule has 0 fully saturated rings. The van der Waals surface area contributed by atoms with E-state index in [4.69, 9.17) is 10.5 Å². The lowest BCUT2D eigenvalue weighted by Crippen LogP contribution is -2.30. The number of benzene rings is 1. The van der Waals surface area contributed by atoms with E-state index in [0.717, 1.165) is 18.7 Å². The summed E-state index contributed by atoms with van der Waals surface area (Å²) in [6, 6.07) is 6.50. The second-order valence-corrected chi connectivity index (χ2v) is 5.37. The minimum Gasteiger partial charge on any atom is -0.497 e. The molecule has 1 aliphatic carbocycles. The molecule has 2 atom stereocenters. The molecule has 2 unspecified atom stereocenters. The van der Waals surface area contributed by atoms with Gasteiger partial charge in [-0.25, -0.2) is 0 Å². The number of ether oxygens (including phenoxy) is 1. The Morgan fingerprint density at radius 1 is 1.41 bits per heavy atom. The number of rotatable bonds is 3. The number of methoxy groups -OCH3 is 1. The maximum absolute atomic E-state index is 5.93. The molecular formula is C15H23NO. The zero-order valence-electron chi connectivity index (χ0n) is 11.1. The topological polar surface area (TPSA) is 35.2 Å². The van der Waals surface area contributed by atoms with Crippen molar-refractivity contribution in [1.82, 2.24) is 0 Å². The summed E-state index contributed by atoms with van der Waals surface area (Å²) in [7, 11) is 1.73. The van der Waals surface area contributed by atoms with Crippen molar-refractivity contribution in [3.63, 3.8) is 0 Å². The van der Waals surface area contributed by atoms with E-state index in [-0.39, 0.29) is 0 Å². The smallest absolute Gasteiger partial charge is 0.119 e. The fourth-order valence-corrected chi connectivity index (χ4v) is 3.18. The van der Waals surface area contributed by atoms with Gasteiger partial charge in [-0.05, 0) is 60.4 Å². The van der Waals surface area contributed by atoms with Gasteiger partial charge in [0.05, 0.1) is 7.11 Å². The number of aryl methyl sites for hydroxylation is 1. The summed E-state index contributed by atoms with van der Waals surface area (Å²) >= 11 is 0. The van der Waals surface area contributed by atoms with Crippen molar-refractivity contribution in [2.24, 2.45) is 17.6 Å². The Morgan fingerprint density at radius 2 is 2.18 bits per heavy atom. The lowest BCUT2D eigenvalue weighted by molar-refractivity contribution is 0.309. The standard InChI is InChI=1S/C15H23NO/c1-10(2)15-12(9-16)5-4-11-6-7-13(17-3)8-14(11)15/h6-8,10,12,15H,4-5,9,16H2,1-3H3. The third-order valence-electron chi connectivity index (χ3n) is 4.03. The quantitative estimate of drug-likeness (QED) is 0.871. The molecule has 2 nitrogen and oxygen atoms in total. The second kappa shape index (κ2) is 5.09. The van der Waals surface area contributed by atoms with Gasteiger partial charge in [0.15, 0.2) is 0 Å². The molecule has 0 amide bonds. The van der Waals surface area contributed by atoms with Crippen LogP contribution in [0.1, 0.15) is 37.3 Å². The first-order valence-corrected chi connectivity index (χ1v) is 6.54. The molecule has 2 heteroatoms. The van der Waals surface area contributed by atoms with Gasteiger partial charge in [0.2, 0.25) is 0 Å². The van der Waals surface area contributed by atoms with Gasteiger partial charge in [-0.15, -0.1) is 0 Å². The third-order valence-corrected chi connectivity index (χ3v) is 4.03. The van der Waals surface area contributed by atoms with Gasteiger partial charge < -0.3 is 10.5 Å². The Balaban J connectivity index is 2.42. The van der Waals surface area contributed by atoms with Crippen molar-refractivity contribution in [1.29, 1.82) is 0 Å². The van der Waals surface area contributed by atoms with Crippen molar-refractivity contribution in [2.75, 3.05) is 13.7 Å². The summed E-state index contributed by atoms with van der Waals surface area (Å²) in [6.45, 7) is 5.38. The SMILES string of the molecule is COc1ccc2c(c1)C(C(C)C)C(CN)CC2. The predicted octanol–water partition coefficient (Wildman–Crippen LogP) is 2.96. The summed E-state index contributed by atoms with van der Waals surface area (Å²) in [4.78, 5) is 0. The summed E-state index contributed by atoms with van der Waals surface area (Å²) in [6.07, 6.45) is 2.38. The molecule has 1 aromatic rings. The molecule has 0 aromatic heterocycles. The monoisotopic (exact) mass is 233 g/mol. The van der Waals surface area contributed by atoms with E-state index in [1.807, 2.05) is 0 Å². The fourth-order valence-electron chi connectivity index (χ4n) is 3.18. The molecule has 2 rings (SSSR count). The third kappa shape index (κ3) is 2.32. The lowest BCUT2D eigenvalue weighted by atomic mass is 9.70. The fraction of sp³-hybridized carbons (Fsp3) is 0.600. The van der Waals surface area contributed by atoms with Gasteiger partial charge >= 0.3 is 0 Å². The van der Waals surface area contributed by atoms with E-state index in [9.17, 15) is 0 Å².